The fourth-order valence-electron chi connectivity index (χ4n) is 1.08. The summed E-state index contributed by atoms with van der Waals surface area (Å²) < 4.78 is 1.21. The highest BCUT2D eigenvalue weighted by atomic mass is 127. The van der Waals surface area contributed by atoms with Gasteiger partial charge in [0.2, 0.25) is 0 Å². The van der Waals surface area contributed by atoms with E-state index in [1.54, 1.807) is 0 Å². The number of hydrogen-bond donors (Lipinski definition) is 0. The molecule has 0 atom stereocenters. The van der Waals surface area contributed by atoms with Gasteiger partial charge in [0, 0.05) is 12.8 Å². The van der Waals surface area contributed by atoms with Gasteiger partial charge in [-0.15, -0.1) is 0 Å². The van der Waals surface area contributed by atoms with Gasteiger partial charge in [-0.05, 0) is 23.2 Å². The van der Waals surface area contributed by atoms with Crippen LogP contribution in [0.25, 0.3) is 0 Å². The van der Waals surface area contributed by atoms with Crippen molar-refractivity contribution < 1.29 is 4.79 Å². The van der Waals surface area contributed by atoms with Crippen molar-refractivity contribution in [3.63, 3.8) is 0 Å². The van der Waals surface area contributed by atoms with Crippen molar-refractivity contribution in [2.45, 2.75) is 46.0 Å². The molecule has 0 unspecified atom stereocenters. The average Bonchev–Trinajstić information content (AvgIpc) is 1.97. The summed E-state index contributed by atoms with van der Waals surface area (Å²) in [6, 6.07) is 0. The first kappa shape index (κ1) is 12.4. The molecule has 0 spiro atoms. The molecule has 12 heavy (non-hydrogen) atoms. The van der Waals surface area contributed by atoms with Gasteiger partial charge in [0.25, 0.3) is 0 Å². The Morgan fingerprint density at radius 3 is 2.33 bits per heavy atom. The highest BCUT2D eigenvalue weighted by molar-refractivity contribution is 14.1. The lowest BCUT2D eigenvalue weighted by molar-refractivity contribution is -0.118. The largest absolute Gasteiger partial charge is 0.300 e. The molecule has 0 rings (SSSR count). The Bertz CT molecular complexity index is 121. The van der Waals surface area contributed by atoms with Crippen LogP contribution in [0.2, 0.25) is 0 Å². The molecule has 0 aromatic rings. The zero-order valence-corrected chi connectivity index (χ0v) is 10.2. The van der Waals surface area contributed by atoms with E-state index in [0.717, 1.165) is 12.8 Å². The first-order chi connectivity index (χ1) is 5.66. The predicted molar refractivity (Wildman–Crippen MR) is 61.6 cm³/mol. The fraction of sp³-hybridized carbons (Fsp3) is 0.800. The number of unbranched alkanes of at least 4 members (excludes halogenated alkanes) is 2. The third kappa shape index (κ3) is 8.50. The van der Waals surface area contributed by atoms with E-state index in [0.29, 0.717) is 12.2 Å². The summed E-state index contributed by atoms with van der Waals surface area (Å²) in [5, 5.41) is 0. The molecule has 71 valence electrons. The van der Waals surface area contributed by atoms with Gasteiger partial charge in [-0.1, -0.05) is 42.9 Å². The summed E-state index contributed by atoms with van der Waals surface area (Å²) in [7, 11) is 0. The molecule has 0 aliphatic carbocycles. The topological polar surface area (TPSA) is 17.1 Å². The third-order valence-electron chi connectivity index (χ3n) is 1.64. The van der Waals surface area contributed by atoms with Crippen molar-refractivity contribution in [1.29, 1.82) is 0 Å². The van der Waals surface area contributed by atoms with Crippen molar-refractivity contribution in [2.24, 2.45) is 0 Å². The standard InChI is InChI=1S/C10H18IO/c1-9(2)8-10(12)6-4-3-5-7-11/h3-8H2,1-2H3. The Hall–Kier alpha value is 0.400. The van der Waals surface area contributed by atoms with Crippen LogP contribution < -0.4 is 0 Å². The number of rotatable bonds is 7. The molecule has 0 saturated carbocycles. The van der Waals surface area contributed by atoms with Gasteiger partial charge in [0.1, 0.15) is 5.78 Å². The van der Waals surface area contributed by atoms with Crippen molar-refractivity contribution >= 4 is 28.4 Å². The minimum absolute atomic E-state index is 0.406. The Morgan fingerprint density at radius 1 is 1.17 bits per heavy atom. The van der Waals surface area contributed by atoms with E-state index in [1.807, 2.05) is 13.8 Å². The molecule has 1 radical (unpaired) electrons. The Labute approximate surface area is 89.4 Å². The van der Waals surface area contributed by atoms with Crippen LogP contribution in [0.15, 0.2) is 0 Å². The summed E-state index contributed by atoms with van der Waals surface area (Å²) in [5.74, 6) is 1.64. The quantitative estimate of drug-likeness (QED) is 0.396. The normalized spacial score (nSPS) is 10.7. The second kappa shape index (κ2) is 8.02. The molecule has 0 aromatic heterocycles. The molecule has 0 fully saturated rings. The van der Waals surface area contributed by atoms with Crippen LogP contribution in [-0.4, -0.2) is 10.2 Å². The number of Topliss-reactive ketones (excluding diaryl/α,β-unsaturated/α-hetero) is 1. The maximum absolute atomic E-state index is 11.2. The number of carbonyl (C=O) groups is 1. The van der Waals surface area contributed by atoms with E-state index < -0.39 is 0 Å². The number of hydrogen-bond acceptors (Lipinski definition) is 1. The van der Waals surface area contributed by atoms with Gasteiger partial charge >= 0.3 is 0 Å². The van der Waals surface area contributed by atoms with E-state index in [-0.39, 0.29) is 0 Å². The smallest absolute Gasteiger partial charge is 0.133 e. The Balaban J connectivity index is 3.20. The Morgan fingerprint density at radius 2 is 1.83 bits per heavy atom. The second-order valence-corrected chi connectivity index (χ2v) is 4.50. The number of alkyl halides is 1. The van der Waals surface area contributed by atoms with E-state index in [2.05, 4.69) is 22.6 Å². The lowest BCUT2D eigenvalue weighted by atomic mass is 10.0. The third-order valence-corrected chi connectivity index (χ3v) is 2.40. The van der Waals surface area contributed by atoms with Crippen molar-refractivity contribution in [3.8, 4) is 0 Å². The van der Waals surface area contributed by atoms with Crippen molar-refractivity contribution in [3.05, 3.63) is 5.92 Å². The van der Waals surface area contributed by atoms with Gasteiger partial charge < -0.3 is 0 Å². The average molecular weight is 281 g/mol. The van der Waals surface area contributed by atoms with Gasteiger partial charge in [-0.2, -0.15) is 0 Å². The number of ketones is 1. The molecule has 0 aliphatic heterocycles. The molecule has 0 aromatic carbocycles. The summed E-state index contributed by atoms with van der Waals surface area (Å²) in [5.41, 5.74) is 0. The van der Waals surface area contributed by atoms with Crippen LogP contribution in [0.4, 0.5) is 0 Å². The first-order valence-corrected chi connectivity index (χ1v) is 6.06. The zero-order valence-electron chi connectivity index (χ0n) is 8.03. The van der Waals surface area contributed by atoms with Crippen LogP contribution in [0.5, 0.6) is 0 Å². The molecule has 0 heterocycles. The van der Waals surface area contributed by atoms with Gasteiger partial charge in [0.15, 0.2) is 0 Å². The van der Waals surface area contributed by atoms with Crippen LogP contribution in [0.1, 0.15) is 46.0 Å². The lowest BCUT2D eigenvalue weighted by Gasteiger charge is -2.02. The van der Waals surface area contributed by atoms with Crippen molar-refractivity contribution in [2.75, 3.05) is 4.43 Å². The summed E-state index contributed by atoms with van der Waals surface area (Å²) in [6.45, 7) is 4.03. The maximum atomic E-state index is 11.2. The second-order valence-electron chi connectivity index (χ2n) is 3.42. The van der Waals surface area contributed by atoms with Gasteiger partial charge in [-0.3, -0.25) is 4.79 Å². The maximum Gasteiger partial charge on any atom is 0.133 e. The highest BCUT2D eigenvalue weighted by Gasteiger charge is 2.04. The summed E-state index contributed by atoms with van der Waals surface area (Å²) in [4.78, 5) is 11.2. The van der Waals surface area contributed by atoms with E-state index >= 15 is 0 Å². The lowest BCUT2D eigenvalue weighted by Crippen LogP contribution is -2.00. The number of halogens is 1. The van der Waals surface area contributed by atoms with Crippen LogP contribution >= 0.6 is 22.6 Å². The molecule has 0 saturated heterocycles. The van der Waals surface area contributed by atoms with Crippen LogP contribution in [-0.2, 0) is 4.79 Å². The van der Waals surface area contributed by atoms with E-state index in [4.69, 9.17) is 0 Å². The van der Waals surface area contributed by atoms with Crippen molar-refractivity contribution in [1.82, 2.24) is 0 Å². The number of carbonyl (C=O) groups excluding carboxylic acids is 1. The molecule has 1 nitrogen and oxygen atoms in total. The highest BCUT2D eigenvalue weighted by Crippen LogP contribution is 2.09. The van der Waals surface area contributed by atoms with Gasteiger partial charge in [-0.25, -0.2) is 0 Å². The van der Waals surface area contributed by atoms with E-state index in [9.17, 15) is 4.79 Å². The minimum atomic E-state index is 0.406. The summed E-state index contributed by atoms with van der Waals surface area (Å²) >= 11 is 2.38. The van der Waals surface area contributed by atoms with Crippen LogP contribution in [0.3, 0.4) is 0 Å². The molecule has 0 bridgehead atoms. The Kier molecular flexibility index (Phi) is 8.29. The van der Waals surface area contributed by atoms with E-state index in [1.165, 1.54) is 23.2 Å². The molecule has 0 N–H and O–H groups in total. The fourth-order valence-corrected chi connectivity index (χ4v) is 1.62. The summed E-state index contributed by atoms with van der Waals surface area (Å²) in [6.07, 6.45) is 5.00. The SMILES string of the molecule is C[C](C)CC(=O)CCCCCI. The molecule has 0 aliphatic rings. The minimum Gasteiger partial charge on any atom is -0.300 e. The van der Waals surface area contributed by atoms with Crippen LogP contribution in [0, 0.1) is 5.92 Å². The van der Waals surface area contributed by atoms with Gasteiger partial charge in [0.05, 0.1) is 0 Å². The predicted octanol–water partition coefficient (Wildman–Crippen LogP) is 3.56. The molecule has 2 heteroatoms. The monoisotopic (exact) mass is 281 g/mol. The zero-order chi connectivity index (χ0) is 9.40. The first-order valence-electron chi connectivity index (χ1n) is 4.53. The molecule has 0 amide bonds. The molecular formula is C10H18IO. The molecular weight excluding hydrogens is 263 g/mol.